The molecule has 110 valence electrons. The number of nitrogens with one attached hydrogen (secondary N) is 1. The van der Waals surface area contributed by atoms with Gasteiger partial charge in [0.05, 0.1) is 6.61 Å². The summed E-state index contributed by atoms with van der Waals surface area (Å²) in [5.41, 5.74) is 2.67. The zero-order chi connectivity index (χ0) is 14.7. The molecule has 0 aromatic heterocycles. The number of fused-ring (bicyclic) bond motifs is 1. The normalized spacial score (nSPS) is 14.6. The third-order valence-corrected chi connectivity index (χ3v) is 5.83. The van der Waals surface area contributed by atoms with Crippen molar-refractivity contribution in [2.75, 3.05) is 19.4 Å². The van der Waals surface area contributed by atoms with E-state index in [1.165, 1.54) is 16.0 Å². The van der Waals surface area contributed by atoms with E-state index in [2.05, 4.69) is 57.6 Å². The molecule has 0 spiro atoms. The summed E-state index contributed by atoms with van der Waals surface area (Å²) in [6.45, 7) is 0.814. The van der Waals surface area contributed by atoms with Gasteiger partial charge in [0, 0.05) is 27.6 Å². The fourth-order valence-corrected chi connectivity index (χ4v) is 4.22. The minimum atomic E-state index is 0.341. The van der Waals surface area contributed by atoms with Gasteiger partial charge in [0.15, 0.2) is 0 Å². The largest absolute Gasteiger partial charge is 0.493 e. The van der Waals surface area contributed by atoms with Crippen LogP contribution in [0.5, 0.6) is 5.75 Å². The van der Waals surface area contributed by atoms with Gasteiger partial charge < -0.3 is 10.1 Å². The molecule has 0 fully saturated rings. The highest BCUT2D eigenvalue weighted by atomic mass is 79.9. The average Bonchev–Trinajstić information content (AvgIpc) is 2.97. The van der Waals surface area contributed by atoms with E-state index >= 15 is 0 Å². The van der Waals surface area contributed by atoms with Crippen LogP contribution in [0.15, 0.2) is 51.8 Å². The first-order valence-electron chi connectivity index (χ1n) is 7.08. The quantitative estimate of drug-likeness (QED) is 0.793. The summed E-state index contributed by atoms with van der Waals surface area (Å²) in [6, 6.07) is 15.3. The fourth-order valence-electron chi connectivity index (χ4n) is 2.50. The molecule has 1 N–H and O–H groups in total. The van der Waals surface area contributed by atoms with Crippen molar-refractivity contribution < 1.29 is 4.74 Å². The van der Waals surface area contributed by atoms with Crippen LogP contribution in [0.3, 0.4) is 0 Å². The molecule has 0 aliphatic carbocycles. The fraction of sp³-hybridized carbons (Fsp3) is 0.294. The van der Waals surface area contributed by atoms with Crippen LogP contribution in [0.25, 0.3) is 0 Å². The summed E-state index contributed by atoms with van der Waals surface area (Å²) in [4.78, 5) is 1.28. The summed E-state index contributed by atoms with van der Waals surface area (Å²) in [7, 11) is 2.02. The summed E-state index contributed by atoms with van der Waals surface area (Å²) in [6.07, 6.45) is 1.02. The number of thioether (sulfide) groups is 1. The number of benzene rings is 2. The van der Waals surface area contributed by atoms with Gasteiger partial charge in [-0.05, 0) is 52.3 Å². The Morgan fingerprint density at radius 3 is 2.95 bits per heavy atom. The average molecular weight is 364 g/mol. The van der Waals surface area contributed by atoms with E-state index < -0.39 is 0 Å². The molecular formula is C17H18BrNOS. The number of halogens is 1. The minimum Gasteiger partial charge on any atom is -0.493 e. The van der Waals surface area contributed by atoms with Gasteiger partial charge in [0.2, 0.25) is 0 Å². The van der Waals surface area contributed by atoms with Gasteiger partial charge in [0.25, 0.3) is 0 Å². The van der Waals surface area contributed by atoms with Crippen molar-refractivity contribution in [2.24, 2.45) is 0 Å². The SMILES string of the molecule is CNC(CSc1ccccc1Br)c1ccc2c(c1)CCO2. The van der Waals surface area contributed by atoms with Crippen molar-refractivity contribution in [1.82, 2.24) is 5.32 Å². The topological polar surface area (TPSA) is 21.3 Å². The maximum atomic E-state index is 5.58. The molecular weight excluding hydrogens is 346 g/mol. The number of rotatable bonds is 5. The van der Waals surface area contributed by atoms with Crippen molar-refractivity contribution in [1.29, 1.82) is 0 Å². The molecule has 0 amide bonds. The molecule has 0 saturated heterocycles. The lowest BCUT2D eigenvalue weighted by Gasteiger charge is -2.17. The molecule has 1 atom stereocenters. The molecule has 1 unspecified atom stereocenters. The second-order valence-electron chi connectivity index (χ2n) is 5.05. The van der Waals surface area contributed by atoms with Gasteiger partial charge in [-0.25, -0.2) is 0 Å². The minimum absolute atomic E-state index is 0.341. The Kier molecular flexibility index (Phi) is 4.88. The molecule has 2 aromatic rings. The third-order valence-electron chi connectivity index (χ3n) is 3.71. The van der Waals surface area contributed by atoms with E-state index in [-0.39, 0.29) is 0 Å². The molecule has 1 aliphatic heterocycles. The number of ether oxygens (including phenoxy) is 1. The van der Waals surface area contributed by atoms with Crippen molar-refractivity contribution in [3.63, 3.8) is 0 Å². The van der Waals surface area contributed by atoms with Gasteiger partial charge in [-0.2, -0.15) is 0 Å². The highest BCUT2D eigenvalue weighted by Gasteiger charge is 2.16. The van der Waals surface area contributed by atoms with Gasteiger partial charge in [0.1, 0.15) is 5.75 Å². The molecule has 0 bridgehead atoms. The van der Waals surface area contributed by atoms with Crippen molar-refractivity contribution in [3.8, 4) is 5.75 Å². The van der Waals surface area contributed by atoms with E-state index in [1.807, 2.05) is 24.9 Å². The zero-order valence-corrected chi connectivity index (χ0v) is 14.3. The molecule has 3 rings (SSSR count). The van der Waals surface area contributed by atoms with Gasteiger partial charge in [-0.15, -0.1) is 11.8 Å². The Morgan fingerprint density at radius 2 is 2.14 bits per heavy atom. The summed E-state index contributed by atoms with van der Waals surface area (Å²) >= 11 is 5.47. The lowest BCUT2D eigenvalue weighted by Crippen LogP contribution is -2.18. The highest BCUT2D eigenvalue weighted by Crippen LogP contribution is 2.32. The Balaban J connectivity index is 1.72. The monoisotopic (exact) mass is 363 g/mol. The maximum Gasteiger partial charge on any atom is 0.122 e. The van der Waals surface area contributed by atoms with E-state index in [9.17, 15) is 0 Å². The molecule has 2 nitrogen and oxygen atoms in total. The molecule has 2 aromatic carbocycles. The first kappa shape index (κ1) is 14.9. The molecule has 0 radical (unpaired) electrons. The smallest absolute Gasteiger partial charge is 0.122 e. The highest BCUT2D eigenvalue weighted by molar-refractivity contribution is 9.10. The van der Waals surface area contributed by atoms with Crippen LogP contribution in [-0.4, -0.2) is 19.4 Å². The van der Waals surface area contributed by atoms with E-state index in [4.69, 9.17) is 4.74 Å². The van der Waals surface area contributed by atoms with Gasteiger partial charge >= 0.3 is 0 Å². The Morgan fingerprint density at radius 1 is 1.29 bits per heavy atom. The predicted octanol–water partition coefficient (Wildman–Crippen LogP) is 4.44. The first-order valence-corrected chi connectivity index (χ1v) is 8.86. The summed E-state index contributed by atoms with van der Waals surface area (Å²) in [5, 5.41) is 3.42. The lowest BCUT2D eigenvalue weighted by atomic mass is 10.0. The van der Waals surface area contributed by atoms with E-state index in [0.29, 0.717) is 6.04 Å². The maximum absolute atomic E-state index is 5.58. The third kappa shape index (κ3) is 3.44. The summed E-state index contributed by atoms with van der Waals surface area (Å²) < 4.78 is 6.74. The molecule has 21 heavy (non-hydrogen) atoms. The molecule has 0 saturated carbocycles. The zero-order valence-electron chi connectivity index (χ0n) is 11.9. The second-order valence-corrected chi connectivity index (χ2v) is 6.96. The number of hydrogen-bond donors (Lipinski definition) is 1. The number of hydrogen-bond acceptors (Lipinski definition) is 3. The Labute approximate surface area is 138 Å². The van der Waals surface area contributed by atoms with E-state index in [0.717, 1.165) is 29.0 Å². The molecule has 1 heterocycles. The van der Waals surface area contributed by atoms with Crippen LogP contribution in [0.4, 0.5) is 0 Å². The molecule has 4 heteroatoms. The summed E-state index contributed by atoms with van der Waals surface area (Å²) in [5.74, 6) is 2.05. The van der Waals surface area contributed by atoms with Crippen LogP contribution in [-0.2, 0) is 6.42 Å². The lowest BCUT2D eigenvalue weighted by molar-refractivity contribution is 0.357. The standard InChI is InChI=1S/C17H18BrNOS/c1-19-15(11-21-17-5-3-2-4-14(17)18)12-6-7-16-13(10-12)8-9-20-16/h2-7,10,15,19H,8-9,11H2,1H3. The van der Waals surface area contributed by atoms with Crippen molar-refractivity contribution in [2.45, 2.75) is 17.4 Å². The van der Waals surface area contributed by atoms with Crippen LogP contribution >= 0.6 is 27.7 Å². The molecule has 1 aliphatic rings. The van der Waals surface area contributed by atoms with Crippen LogP contribution in [0, 0.1) is 0 Å². The van der Waals surface area contributed by atoms with Crippen LogP contribution in [0.2, 0.25) is 0 Å². The van der Waals surface area contributed by atoms with Crippen LogP contribution in [0.1, 0.15) is 17.2 Å². The van der Waals surface area contributed by atoms with Gasteiger partial charge in [-0.3, -0.25) is 0 Å². The Hall–Kier alpha value is -0.970. The van der Waals surface area contributed by atoms with Crippen molar-refractivity contribution in [3.05, 3.63) is 58.1 Å². The Bertz CT molecular complexity index is 632. The first-order chi connectivity index (χ1) is 10.3. The van der Waals surface area contributed by atoms with E-state index in [1.54, 1.807) is 0 Å². The van der Waals surface area contributed by atoms with Crippen LogP contribution < -0.4 is 10.1 Å². The van der Waals surface area contributed by atoms with Crippen molar-refractivity contribution >= 4 is 27.7 Å². The predicted molar refractivity (Wildman–Crippen MR) is 92.3 cm³/mol. The van der Waals surface area contributed by atoms with Gasteiger partial charge in [-0.1, -0.05) is 24.3 Å². The second kappa shape index (κ2) is 6.86.